The number of para-hydroxylation sites is 1. The molecule has 0 saturated carbocycles. The summed E-state index contributed by atoms with van der Waals surface area (Å²) >= 11 is 1.31. The molecule has 26 heavy (non-hydrogen) atoms. The molecule has 3 nitrogen and oxygen atoms in total. The molecule has 0 N–H and O–H groups in total. The minimum atomic E-state index is -3.72. The molecule has 1 unspecified atom stereocenters. The van der Waals surface area contributed by atoms with Crippen molar-refractivity contribution in [3.05, 3.63) is 89.4 Å². The second kappa shape index (κ2) is 7.85. The quantitative estimate of drug-likeness (QED) is 0.536. The molecule has 3 rings (SSSR count). The summed E-state index contributed by atoms with van der Waals surface area (Å²) in [5.41, 5.74) is 2.82. The molecule has 0 saturated heterocycles. The van der Waals surface area contributed by atoms with E-state index >= 15 is 0 Å². The monoisotopic (exact) mass is 535 g/mol. The van der Waals surface area contributed by atoms with Gasteiger partial charge in [0.25, 0.3) is 0 Å². The zero-order valence-corrected chi connectivity index (χ0v) is 18.4. The van der Waals surface area contributed by atoms with Gasteiger partial charge in [-0.05, 0) is 0 Å². The van der Waals surface area contributed by atoms with Crippen molar-refractivity contribution >= 4 is 19.6 Å². The van der Waals surface area contributed by atoms with E-state index in [0.29, 0.717) is 0 Å². The van der Waals surface area contributed by atoms with E-state index in [1.165, 1.54) is 19.4 Å². The van der Waals surface area contributed by atoms with Crippen LogP contribution in [0.1, 0.15) is 30.5 Å². The van der Waals surface area contributed by atoms with Crippen LogP contribution < -0.4 is 4.31 Å². The molecule has 5 heteroatoms. The molecule has 1 aliphatic rings. The number of hydrogen-bond donors (Lipinski definition) is 0. The van der Waals surface area contributed by atoms with Gasteiger partial charge in [-0.1, -0.05) is 0 Å². The number of rotatable bonds is 5. The number of hydrogen-bond acceptors (Lipinski definition) is 2. The van der Waals surface area contributed by atoms with Gasteiger partial charge in [0.1, 0.15) is 0 Å². The topological polar surface area (TPSA) is 37.4 Å². The number of fused-ring (bicyclic) bond motifs is 1. The number of allylic oxidation sites excluding steroid dienone is 2. The molecule has 0 radical (unpaired) electrons. The first-order valence-electron chi connectivity index (χ1n) is 8.46. The summed E-state index contributed by atoms with van der Waals surface area (Å²) < 4.78 is 29.5. The second-order valence-corrected chi connectivity index (χ2v) is 10.5. The van der Waals surface area contributed by atoms with Gasteiger partial charge in [0.15, 0.2) is 0 Å². The Morgan fingerprint density at radius 2 is 1.77 bits per heavy atom. The zero-order chi connectivity index (χ0) is 18.7. The molecule has 2 aromatic rings. The maximum atomic E-state index is 13.4. The number of nitrogens with zero attached hydrogens (tertiary/aromatic N) is 1. The van der Waals surface area contributed by atoms with Crippen LogP contribution in [0, 0.1) is 0 Å². The fraction of sp³-hybridized carbons (Fsp3) is 0.190. The molecule has 0 aromatic heterocycles. The first-order valence-corrected chi connectivity index (χ1v) is 11.4. The molecule has 1 atom stereocenters. The van der Waals surface area contributed by atoms with Gasteiger partial charge in [-0.3, -0.25) is 0 Å². The maximum absolute atomic E-state index is 13.4. The van der Waals surface area contributed by atoms with E-state index < -0.39 is 10.0 Å². The second-order valence-electron chi connectivity index (χ2n) is 6.31. The van der Waals surface area contributed by atoms with Gasteiger partial charge in [0, 0.05) is 0 Å². The average molecular weight is 535 g/mol. The van der Waals surface area contributed by atoms with Crippen molar-refractivity contribution in [3.8, 4) is 0 Å². The zero-order valence-electron chi connectivity index (χ0n) is 14.6. The summed E-state index contributed by atoms with van der Waals surface area (Å²) in [5.74, 6) is 0. The van der Waals surface area contributed by atoms with E-state index in [-0.39, 0.29) is 10.9 Å². The van der Waals surface area contributed by atoms with Gasteiger partial charge in [0.05, 0.1) is 0 Å². The molecule has 0 aliphatic carbocycles. The summed E-state index contributed by atoms with van der Waals surface area (Å²) in [6, 6.07) is 17.4. The molecule has 134 valence electrons. The normalized spacial score (nSPS) is 17.1. The SMILES string of the molecule is C=C(C=C[C](C)=[W])S(=O)(=O)N1c2ccccc2CCC1c1ccccc1. The van der Waals surface area contributed by atoms with Crippen LogP contribution >= 0.6 is 0 Å². The predicted molar refractivity (Wildman–Crippen MR) is 104 cm³/mol. The van der Waals surface area contributed by atoms with Crippen molar-refractivity contribution in [2.75, 3.05) is 4.31 Å². The summed E-state index contributed by atoms with van der Waals surface area (Å²) in [6.45, 7) is 5.82. The van der Waals surface area contributed by atoms with E-state index in [1.54, 1.807) is 10.4 Å². The van der Waals surface area contributed by atoms with Gasteiger partial charge in [-0.15, -0.1) is 0 Å². The van der Waals surface area contributed by atoms with Crippen molar-refractivity contribution in [3.63, 3.8) is 0 Å². The molecular formula is C21H21NO2SW. The van der Waals surface area contributed by atoms with E-state index in [0.717, 1.165) is 33.6 Å². The summed E-state index contributed by atoms with van der Waals surface area (Å²) in [6.07, 6.45) is 5.04. The van der Waals surface area contributed by atoms with E-state index in [4.69, 9.17) is 0 Å². The van der Waals surface area contributed by atoms with Crippen LogP contribution in [-0.2, 0) is 35.8 Å². The fourth-order valence-electron chi connectivity index (χ4n) is 3.21. The van der Waals surface area contributed by atoms with Crippen LogP contribution in [0.4, 0.5) is 5.69 Å². The first-order chi connectivity index (χ1) is 12.4. The average Bonchev–Trinajstić information content (AvgIpc) is 2.65. The number of anilines is 1. The predicted octanol–water partition coefficient (Wildman–Crippen LogP) is 4.32. The van der Waals surface area contributed by atoms with Crippen LogP contribution in [0.15, 0.2) is 78.2 Å². The van der Waals surface area contributed by atoms with Gasteiger partial charge >= 0.3 is 167 Å². The van der Waals surface area contributed by atoms with Crippen molar-refractivity contribution in [2.24, 2.45) is 0 Å². The number of aryl methyl sites for hydroxylation is 1. The van der Waals surface area contributed by atoms with Crippen molar-refractivity contribution in [1.82, 2.24) is 0 Å². The van der Waals surface area contributed by atoms with Gasteiger partial charge in [0.2, 0.25) is 0 Å². The third kappa shape index (κ3) is 3.82. The van der Waals surface area contributed by atoms with Crippen LogP contribution in [0.25, 0.3) is 0 Å². The molecule has 0 spiro atoms. The Morgan fingerprint density at radius 3 is 2.46 bits per heavy atom. The Morgan fingerprint density at radius 1 is 1.12 bits per heavy atom. The van der Waals surface area contributed by atoms with E-state index in [1.807, 2.05) is 67.6 Å². The fourth-order valence-corrected chi connectivity index (χ4v) is 4.95. The Hall–Kier alpha value is -1.77. The van der Waals surface area contributed by atoms with Gasteiger partial charge in [-0.25, -0.2) is 0 Å². The Balaban J connectivity index is 2.11. The molecule has 2 aromatic carbocycles. The number of sulfonamides is 1. The molecule has 1 heterocycles. The minimum absolute atomic E-state index is 0.121. The Kier molecular flexibility index (Phi) is 5.74. The third-order valence-corrected chi connectivity index (χ3v) is 6.73. The Bertz CT molecular complexity index is 965. The van der Waals surface area contributed by atoms with Gasteiger partial charge in [-0.2, -0.15) is 0 Å². The summed E-state index contributed by atoms with van der Waals surface area (Å²) in [7, 11) is -3.72. The summed E-state index contributed by atoms with van der Waals surface area (Å²) in [4.78, 5) is 0.121. The van der Waals surface area contributed by atoms with Crippen LogP contribution in [0.2, 0.25) is 0 Å². The first kappa shape index (κ1) is 19.0. The molecule has 1 aliphatic heterocycles. The van der Waals surface area contributed by atoms with Crippen molar-refractivity contribution in [1.29, 1.82) is 0 Å². The van der Waals surface area contributed by atoms with Crippen molar-refractivity contribution in [2.45, 2.75) is 25.8 Å². The van der Waals surface area contributed by atoms with Gasteiger partial charge < -0.3 is 0 Å². The van der Waals surface area contributed by atoms with Crippen molar-refractivity contribution < 1.29 is 27.8 Å². The van der Waals surface area contributed by atoms with Crippen LogP contribution in [-0.4, -0.2) is 12.3 Å². The van der Waals surface area contributed by atoms with Crippen LogP contribution in [0.5, 0.6) is 0 Å². The Labute approximate surface area is 166 Å². The third-order valence-electron chi connectivity index (χ3n) is 4.48. The molecular weight excluding hydrogens is 514 g/mol. The molecule has 0 fully saturated rings. The van der Waals surface area contributed by atoms with E-state index in [2.05, 4.69) is 6.58 Å². The van der Waals surface area contributed by atoms with Crippen LogP contribution in [0.3, 0.4) is 0 Å². The molecule has 0 bridgehead atoms. The number of benzene rings is 2. The molecule has 0 amide bonds. The standard InChI is InChI=1S/C21H21NO2S.W/c1-3-4-10-17(2)25(23,24)22-20-14-9-8-13-19(20)15-16-21(22)18-11-6-5-7-12-18;/h4-14,21H,2,15-16H2,1H3;. The summed E-state index contributed by atoms with van der Waals surface area (Å²) in [5, 5.41) is 0. The van der Waals surface area contributed by atoms with E-state index in [9.17, 15) is 8.42 Å².